The Labute approximate surface area is 183 Å². The lowest BCUT2D eigenvalue weighted by atomic mass is 9.81. The van der Waals surface area contributed by atoms with E-state index in [0.717, 1.165) is 6.21 Å². The molecule has 4 unspecified atom stereocenters. The number of benzene rings is 1. The number of H-pyrrole nitrogens is 1. The van der Waals surface area contributed by atoms with Crippen LogP contribution in [0.2, 0.25) is 0 Å². The van der Waals surface area contributed by atoms with E-state index in [4.69, 9.17) is 0 Å². The molecule has 2 aromatic rings. The van der Waals surface area contributed by atoms with Gasteiger partial charge in [0.25, 0.3) is 0 Å². The summed E-state index contributed by atoms with van der Waals surface area (Å²) in [5, 5.41) is 29.0. The van der Waals surface area contributed by atoms with Gasteiger partial charge >= 0.3 is 12.4 Å². The number of alkyl halides is 6. The Hall–Kier alpha value is -2.93. The van der Waals surface area contributed by atoms with Crippen LogP contribution in [0, 0.1) is 0 Å². The normalized spacial score (nSPS) is 26.4. The first-order chi connectivity index (χ1) is 15.3. The maximum Gasteiger partial charge on any atom is 0.421 e. The molecule has 13 heteroatoms. The van der Waals surface area contributed by atoms with Gasteiger partial charge < -0.3 is 15.5 Å². The fourth-order valence-corrected chi connectivity index (χ4v) is 3.96. The summed E-state index contributed by atoms with van der Waals surface area (Å²) in [5.74, 6) is -1.04. The summed E-state index contributed by atoms with van der Waals surface area (Å²) < 4.78 is 79.7. The van der Waals surface area contributed by atoms with E-state index in [1.54, 1.807) is 31.2 Å². The van der Waals surface area contributed by atoms with E-state index in [2.05, 4.69) is 25.5 Å². The van der Waals surface area contributed by atoms with Gasteiger partial charge in [-0.15, -0.1) is 0 Å². The van der Waals surface area contributed by atoms with Gasteiger partial charge in [0.05, 0.1) is 23.5 Å². The second-order valence-electron chi connectivity index (χ2n) is 7.99. The molecule has 178 valence electrons. The van der Waals surface area contributed by atoms with Crippen molar-refractivity contribution >= 4 is 17.7 Å². The molecule has 0 bridgehead atoms. The van der Waals surface area contributed by atoms with Crippen LogP contribution in [0.3, 0.4) is 0 Å². The number of rotatable bonds is 3. The number of fused-ring (bicyclic) bond motifs is 1. The van der Waals surface area contributed by atoms with Crippen molar-refractivity contribution in [2.24, 2.45) is 9.98 Å². The molecule has 0 radical (unpaired) electrons. The molecule has 2 aliphatic heterocycles. The maximum absolute atomic E-state index is 13.8. The molecule has 4 rings (SSSR count). The number of aliphatic imine (C=N–C) groups is 2. The van der Waals surface area contributed by atoms with Crippen LogP contribution in [-0.4, -0.2) is 63.5 Å². The summed E-state index contributed by atoms with van der Waals surface area (Å²) in [7, 11) is 0. The molecule has 0 aliphatic carbocycles. The van der Waals surface area contributed by atoms with Crippen molar-refractivity contribution in [1.29, 1.82) is 0 Å². The molecular weight excluding hydrogens is 456 g/mol. The Balaban J connectivity index is 1.67. The zero-order chi connectivity index (χ0) is 24.2. The zero-order valence-electron chi connectivity index (χ0n) is 17.0. The van der Waals surface area contributed by atoms with Crippen molar-refractivity contribution in [3.8, 4) is 0 Å². The van der Waals surface area contributed by atoms with Crippen LogP contribution < -0.4 is 5.32 Å². The molecule has 0 saturated carbocycles. The third kappa shape index (κ3) is 4.10. The molecular formula is C20H19F6N5O2. The first-order valence-corrected chi connectivity index (χ1v) is 9.88. The lowest BCUT2D eigenvalue weighted by molar-refractivity contribution is -0.276. The fraction of sp³-hybridized carbons (Fsp3) is 0.450. The van der Waals surface area contributed by atoms with Crippen molar-refractivity contribution in [2.45, 2.75) is 49.5 Å². The molecule has 0 saturated heterocycles. The second kappa shape index (κ2) is 7.83. The first kappa shape index (κ1) is 23.2. The smallest absolute Gasteiger partial charge is 0.376 e. The van der Waals surface area contributed by atoms with Gasteiger partial charge in [-0.25, -0.2) is 0 Å². The van der Waals surface area contributed by atoms with Gasteiger partial charge in [0.2, 0.25) is 0 Å². The molecule has 4 N–H and O–H groups in total. The van der Waals surface area contributed by atoms with E-state index in [1.165, 1.54) is 0 Å². The van der Waals surface area contributed by atoms with E-state index in [9.17, 15) is 36.6 Å². The highest BCUT2D eigenvalue weighted by Gasteiger charge is 2.60. The van der Waals surface area contributed by atoms with Gasteiger partial charge in [-0.2, -0.15) is 31.4 Å². The van der Waals surface area contributed by atoms with Gasteiger partial charge in [0.15, 0.2) is 17.5 Å². The van der Waals surface area contributed by atoms with Crippen LogP contribution >= 0.6 is 0 Å². The van der Waals surface area contributed by atoms with Crippen molar-refractivity contribution in [1.82, 2.24) is 10.2 Å². The zero-order valence-corrected chi connectivity index (χ0v) is 17.0. The van der Waals surface area contributed by atoms with E-state index in [1.807, 2.05) is 0 Å². The highest BCUT2D eigenvalue weighted by molar-refractivity contribution is 6.38. The fourth-order valence-electron chi connectivity index (χ4n) is 3.96. The third-order valence-corrected chi connectivity index (χ3v) is 5.77. The predicted octanol–water partition coefficient (Wildman–Crippen LogP) is 3.25. The van der Waals surface area contributed by atoms with Crippen molar-refractivity contribution in [2.75, 3.05) is 11.9 Å². The Morgan fingerprint density at radius 2 is 1.91 bits per heavy atom. The first-order valence-electron chi connectivity index (χ1n) is 9.88. The number of nitrogens with zero attached hydrogens (tertiary/aromatic N) is 3. The molecule has 1 aromatic heterocycles. The number of aliphatic hydroxyl groups excluding tert-OH is 1. The number of anilines is 1. The van der Waals surface area contributed by atoms with Crippen molar-refractivity contribution in [3.05, 3.63) is 46.6 Å². The Bertz CT molecular complexity index is 1110. The number of hydrogen-bond acceptors (Lipinski definition) is 6. The molecule has 2 aliphatic rings. The molecule has 1 aromatic carbocycles. The molecule has 3 heterocycles. The molecule has 33 heavy (non-hydrogen) atoms. The van der Waals surface area contributed by atoms with Gasteiger partial charge in [-0.1, -0.05) is 25.1 Å². The number of halogens is 6. The highest BCUT2D eigenvalue weighted by Crippen LogP contribution is 2.50. The highest BCUT2D eigenvalue weighted by atomic mass is 19.4. The molecule has 0 fully saturated rings. The minimum atomic E-state index is -5.08. The van der Waals surface area contributed by atoms with Gasteiger partial charge in [0.1, 0.15) is 6.23 Å². The summed E-state index contributed by atoms with van der Waals surface area (Å²) >= 11 is 0. The molecule has 0 amide bonds. The van der Waals surface area contributed by atoms with E-state index >= 15 is 0 Å². The lowest BCUT2D eigenvalue weighted by Gasteiger charge is -2.37. The van der Waals surface area contributed by atoms with E-state index in [-0.39, 0.29) is 17.2 Å². The Kier molecular flexibility index (Phi) is 5.52. The number of aromatic amines is 1. The lowest BCUT2D eigenvalue weighted by Crippen LogP contribution is -2.50. The summed E-state index contributed by atoms with van der Waals surface area (Å²) in [6.45, 7) is 1.03. The SMILES string of the molecule is CC(c1cccc(C2=NCC(C(F)(F)F)N=C2)c1)c1[nH]nc2c1C(O)(C(F)(F)F)CC(O)N2. The number of hydrogen-bond donors (Lipinski definition) is 4. The summed E-state index contributed by atoms with van der Waals surface area (Å²) in [6, 6.07) is 4.48. The Morgan fingerprint density at radius 1 is 1.18 bits per heavy atom. The summed E-state index contributed by atoms with van der Waals surface area (Å²) in [4.78, 5) is 7.45. The standard InChI is InChI=1S/C20H19F6N5O2/c1-9(16-15-17(31-30-16)29-14(32)6-18(15,33)20(24,25)26)10-3-2-4-11(5-10)12-7-28-13(8-27-12)19(21,22)23/h2-5,7,9,13-14,32-33H,6,8H2,1H3,(H2,29,30,31). The molecule has 0 spiro atoms. The van der Waals surface area contributed by atoms with Gasteiger partial charge in [0, 0.05) is 24.1 Å². The Morgan fingerprint density at radius 3 is 2.52 bits per heavy atom. The van der Waals surface area contributed by atoms with E-state index in [0.29, 0.717) is 11.1 Å². The quantitative estimate of drug-likeness (QED) is 0.512. The largest absolute Gasteiger partial charge is 0.421 e. The number of aromatic nitrogens is 2. The van der Waals surface area contributed by atoms with Gasteiger partial charge in [-0.3, -0.25) is 15.1 Å². The maximum atomic E-state index is 13.8. The summed E-state index contributed by atoms with van der Waals surface area (Å²) in [5.41, 5.74) is -2.69. The second-order valence-corrected chi connectivity index (χ2v) is 7.99. The van der Waals surface area contributed by atoms with Crippen LogP contribution in [0.15, 0.2) is 34.3 Å². The van der Waals surface area contributed by atoms with Gasteiger partial charge in [-0.05, 0) is 11.6 Å². The molecule has 7 nitrogen and oxygen atoms in total. The molecule has 4 atom stereocenters. The monoisotopic (exact) mass is 475 g/mol. The van der Waals surface area contributed by atoms with Crippen LogP contribution in [0.25, 0.3) is 0 Å². The van der Waals surface area contributed by atoms with E-state index < -0.39 is 54.7 Å². The van der Waals surface area contributed by atoms with Crippen molar-refractivity contribution < 1.29 is 36.6 Å². The van der Waals surface area contributed by atoms with Crippen LogP contribution in [0.5, 0.6) is 0 Å². The van der Waals surface area contributed by atoms with Crippen LogP contribution in [-0.2, 0) is 5.60 Å². The van der Waals surface area contributed by atoms with Crippen LogP contribution in [0.1, 0.15) is 41.6 Å². The average molecular weight is 475 g/mol. The number of nitrogens with one attached hydrogen (secondary N) is 2. The van der Waals surface area contributed by atoms with Crippen molar-refractivity contribution in [3.63, 3.8) is 0 Å². The average Bonchev–Trinajstić information content (AvgIpc) is 3.16. The minimum absolute atomic E-state index is 0.0160. The summed E-state index contributed by atoms with van der Waals surface area (Å²) in [6.07, 6.45) is -11.2. The predicted molar refractivity (Wildman–Crippen MR) is 106 cm³/mol. The topological polar surface area (TPSA) is 106 Å². The van der Waals surface area contributed by atoms with Crippen LogP contribution in [0.4, 0.5) is 32.2 Å². The number of aliphatic hydroxyl groups is 2. The third-order valence-electron chi connectivity index (χ3n) is 5.77. The minimum Gasteiger partial charge on any atom is -0.376 e.